The zero-order valence-corrected chi connectivity index (χ0v) is 16.3. The van der Waals surface area contributed by atoms with Crippen LogP contribution in [0, 0.1) is 18.8 Å². The first kappa shape index (κ1) is 18.7. The summed E-state index contributed by atoms with van der Waals surface area (Å²) in [4.78, 5) is 0. The standard InChI is InChI=1S/C27H22O2/c1-19-10-12-22(13-11-19)17-25-26(28)18-23-15-14-21(16-24(23)27(25)29)9-5-8-20-6-3-2-4-7-20/h2-4,6-7,10-16,18,28-29H,8,17H2,1H3. The summed E-state index contributed by atoms with van der Waals surface area (Å²) < 4.78 is 0. The van der Waals surface area contributed by atoms with Gasteiger partial charge in [0.05, 0.1) is 0 Å². The average Bonchev–Trinajstić information content (AvgIpc) is 2.74. The van der Waals surface area contributed by atoms with E-state index < -0.39 is 0 Å². The lowest BCUT2D eigenvalue weighted by Gasteiger charge is -2.11. The number of hydrogen-bond acceptors (Lipinski definition) is 2. The first-order valence-electron chi connectivity index (χ1n) is 9.66. The van der Waals surface area contributed by atoms with Crippen LogP contribution < -0.4 is 0 Å². The molecular formula is C27H22O2. The van der Waals surface area contributed by atoms with Crippen LogP contribution in [0.5, 0.6) is 11.5 Å². The summed E-state index contributed by atoms with van der Waals surface area (Å²) in [6.07, 6.45) is 1.15. The molecule has 4 rings (SSSR count). The SMILES string of the molecule is Cc1ccc(Cc2c(O)cc3ccc(C#CCc4ccccc4)cc3c2O)cc1. The zero-order valence-electron chi connectivity index (χ0n) is 16.3. The summed E-state index contributed by atoms with van der Waals surface area (Å²) >= 11 is 0. The van der Waals surface area contributed by atoms with Crippen LogP contribution in [0.2, 0.25) is 0 Å². The minimum atomic E-state index is 0.110. The molecule has 2 heteroatoms. The third-order valence-electron chi connectivity index (χ3n) is 5.07. The third kappa shape index (κ3) is 4.25. The molecule has 0 saturated heterocycles. The highest BCUT2D eigenvalue weighted by molar-refractivity contribution is 5.92. The number of aryl methyl sites for hydroxylation is 1. The minimum absolute atomic E-state index is 0.110. The number of benzene rings is 4. The fourth-order valence-corrected chi connectivity index (χ4v) is 3.41. The lowest BCUT2D eigenvalue weighted by Crippen LogP contribution is -1.92. The van der Waals surface area contributed by atoms with Crippen LogP contribution in [-0.4, -0.2) is 10.2 Å². The van der Waals surface area contributed by atoms with Crippen molar-refractivity contribution in [2.24, 2.45) is 0 Å². The van der Waals surface area contributed by atoms with E-state index in [1.54, 1.807) is 6.07 Å². The summed E-state index contributed by atoms with van der Waals surface area (Å²) in [6.45, 7) is 2.04. The molecule has 29 heavy (non-hydrogen) atoms. The number of phenolic OH excluding ortho intramolecular Hbond substituents is 2. The Morgan fingerprint density at radius 2 is 1.55 bits per heavy atom. The van der Waals surface area contributed by atoms with Gasteiger partial charge in [-0.3, -0.25) is 0 Å². The number of rotatable bonds is 3. The molecular weight excluding hydrogens is 356 g/mol. The molecule has 0 aromatic heterocycles. The highest BCUT2D eigenvalue weighted by Gasteiger charge is 2.13. The smallest absolute Gasteiger partial charge is 0.130 e. The molecule has 2 N–H and O–H groups in total. The van der Waals surface area contributed by atoms with Gasteiger partial charge < -0.3 is 10.2 Å². The van der Waals surface area contributed by atoms with E-state index in [-0.39, 0.29) is 11.5 Å². The molecule has 0 aliphatic rings. The van der Waals surface area contributed by atoms with Crippen molar-refractivity contribution in [2.45, 2.75) is 19.8 Å². The second-order valence-corrected chi connectivity index (χ2v) is 7.29. The molecule has 4 aromatic rings. The predicted octanol–water partition coefficient (Wildman–Crippen LogP) is 5.74. The average molecular weight is 378 g/mol. The number of phenols is 2. The fraction of sp³-hybridized carbons (Fsp3) is 0.111. The second-order valence-electron chi connectivity index (χ2n) is 7.29. The highest BCUT2D eigenvalue weighted by Crippen LogP contribution is 2.37. The van der Waals surface area contributed by atoms with Crippen LogP contribution in [0.4, 0.5) is 0 Å². The zero-order chi connectivity index (χ0) is 20.2. The Kier molecular flexibility index (Phi) is 5.22. The molecule has 0 spiro atoms. The van der Waals surface area contributed by atoms with Gasteiger partial charge in [0.25, 0.3) is 0 Å². The molecule has 0 amide bonds. The highest BCUT2D eigenvalue weighted by atomic mass is 16.3. The summed E-state index contributed by atoms with van der Waals surface area (Å²) in [5, 5.41) is 22.8. The van der Waals surface area contributed by atoms with Crippen LogP contribution in [0.3, 0.4) is 0 Å². The Morgan fingerprint density at radius 1 is 0.793 bits per heavy atom. The van der Waals surface area contributed by atoms with Crippen molar-refractivity contribution < 1.29 is 10.2 Å². The fourth-order valence-electron chi connectivity index (χ4n) is 3.41. The van der Waals surface area contributed by atoms with Gasteiger partial charge in [-0.25, -0.2) is 0 Å². The summed E-state index contributed by atoms with van der Waals surface area (Å²) in [6, 6.07) is 25.6. The molecule has 0 heterocycles. The van der Waals surface area contributed by atoms with Gasteiger partial charge >= 0.3 is 0 Å². The van der Waals surface area contributed by atoms with E-state index in [0.717, 1.165) is 16.5 Å². The molecule has 0 bridgehead atoms. The molecule has 0 aliphatic heterocycles. The maximum Gasteiger partial charge on any atom is 0.130 e. The largest absolute Gasteiger partial charge is 0.507 e. The normalized spacial score (nSPS) is 10.5. The first-order chi connectivity index (χ1) is 14.1. The van der Waals surface area contributed by atoms with Crippen LogP contribution in [0.1, 0.15) is 27.8 Å². The molecule has 4 aromatic carbocycles. The van der Waals surface area contributed by atoms with Gasteiger partial charge in [0.2, 0.25) is 0 Å². The minimum Gasteiger partial charge on any atom is -0.507 e. The molecule has 0 aliphatic carbocycles. The van der Waals surface area contributed by atoms with Crippen molar-refractivity contribution in [3.63, 3.8) is 0 Å². The predicted molar refractivity (Wildman–Crippen MR) is 118 cm³/mol. The molecule has 142 valence electrons. The van der Waals surface area contributed by atoms with E-state index >= 15 is 0 Å². The monoisotopic (exact) mass is 378 g/mol. The molecule has 0 saturated carbocycles. The maximum absolute atomic E-state index is 10.9. The van der Waals surface area contributed by atoms with E-state index in [0.29, 0.717) is 23.8 Å². The van der Waals surface area contributed by atoms with Crippen molar-refractivity contribution in [1.29, 1.82) is 0 Å². The van der Waals surface area contributed by atoms with Crippen molar-refractivity contribution >= 4 is 10.8 Å². The molecule has 0 radical (unpaired) electrons. The Bertz CT molecular complexity index is 1210. The van der Waals surface area contributed by atoms with Crippen LogP contribution in [0.25, 0.3) is 10.8 Å². The summed E-state index contributed by atoms with van der Waals surface area (Å²) in [5.74, 6) is 6.60. The van der Waals surface area contributed by atoms with Gasteiger partial charge in [0, 0.05) is 29.4 Å². The van der Waals surface area contributed by atoms with Gasteiger partial charge in [-0.05, 0) is 41.6 Å². The van der Waals surface area contributed by atoms with E-state index in [9.17, 15) is 10.2 Å². The number of fused-ring (bicyclic) bond motifs is 1. The van der Waals surface area contributed by atoms with Gasteiger partial charge in [-0.15, -0.1) is 0 Å². The molecule has 0 fully saturated rings. The maximum atomic E-state index is 10.9. The molecule has 0 unspecified atom stereocenters. The Morgan fingerprint density at radius 3 is 2.31 bits per heavy atom. The number of hydrogen-bond donors (Lipinski definition) is 2. The molecule has 0 atom stereocenters. The number of aromatic hydroxyl groups is 2. The van der Waals surface area contributed by atoms with Crippen molar-refractivity contribution in [3.05, 3.63) is 107 Å². The van der Waals surface area contributed by atoms with Gasteiger partial charge in [0.1, 0.15) is 11.5 Å². The third-order valence-corrected chi connectivity index (χ3v) is 5.07. The van der Waals surface area contributed by atoms with Crippen molar-refractivity contribution in [1.82, 2.24) is 0 Å². The van der Waals surface area contributed by atoms with E-state index in [2.05, 4.69) is 24.0 Å². The lowest BCUT2D eigenvalue weighted by atomic mass is 9.97. The van der Waals surface area contributed by atoms with E-state index in [1.165, 1.54) is 11.1 Å². The van der Waals surface area contributed by atoms with Crippen LogP contribution >= 0.6 is 0 Å². The Labute approximate surface area is 171 Å². The van der Waals surface area contributed by atoms with E-state index in [4.69, 9.17) is 0 Å². The van der Waals surface area contributed by atoms with Crippen molar-refractivity contribution in [3.8, 4) is 23.3 Å². The summed E-state index contributed by atoms with van der Waals surface area (Å²) in [5.41, 5.74) is 4.78. The second kappa shape index (κ2) is 8.12. The quantitative estimate of drug-likeness (QED) is 0.446. The topological polar surface area (TPSA) is 40.5 Å². The Balaban J connectivity index is 1.66. The van der Waals surface area contributed by atoms with E-state index in [1.807, 2.05) is 67.6 Å². The lowest BCUT2D eigenvalue weighted by molar-refractivity contribution is 0.445. The van der Waals surface area contributed by atoms with Gasteiger partial charge in [-0.2, -0.15) is 0 Å². The van der Waals surface area contributed by atoms with Gasteiger partial charge in [0.15, 0.2) is 0 Å². The van der Waals surface area contributed by atoms with Crippen LogP contribution in [0.15, 0.2) is 78.9 Å². The Hall–Kier alpha value is -3.70. The first-order valence-corrected chi connectivity index (χ1v) is 9.66. The van der Waals surface area contributed by atoms with Gasteiger partial charge in [-0.1, -0.05) is 78.1 Å². The summed E-state index contributed by atoms with van der Waals surface area (Å²) in [7, 11) is 0. The molecule has 2 nitrogen and oxygen atoms in total. The van der Waals surface area contributed by atoms with Crippen LogP contribution in [-0.2, 0) is 12.8 Å². The van der Waals surface area contributed by atoms with Crippen molar-refractivity contribution in [2.75, 3.05) is 0 Å².